The summed E-state index contributed by atoms with van der Waals surface area (Å²) >= 11 is 0. The number of nitrogens with one attached hydrogen (secondary N) is 1. The molecule has 0 spiro atoms. The van der Waals surface area contributed by atoms with E-state index in [1.54, 1.807) is 19.1 Å². The molecule has 18 heavy (non-hydrogen) atoms. The van der Waals surface area contributed by atoms with Gasteiger partial charge in [0.15, 0.2) is 0 Å². The Labute approximate surface area is 108 Å². The Morgan fingerprint density at radius 3 is 2.78 bits per heavy atom. The monoisotopic (exact) mass is 269 g/mol. The summed E-state index contributed by atoms with van der Waals surface area (Å²) in [7, 11) is -3.43. The molecule has 100 valence electrons. The Bertz CT molecular complexity index is 516. The van der Waals surface area contributed by atoms with Crippen molar-refractivity contribution in [1.82, 2.24) is 4.72 Å². The third-order valence-electron chi connectivity index (χ3n) is 3.05. The molecule has 0 radical (unpaired) electrons. The molecule has 0 aromatic heterocycles. The Kier molecular flexibility index (Phi) is 3.89. The number of rotatable bonds is 4. The first-order valence-corrected chi connectivity index (χ1v) is 7.62. The molecule has 6 heteroatoms. The normalized spacial score (nSPS) is 20.3. The first kappa shape index (κ1) is 13.3. The zero-order valence-corrected chi connectivity index (χ0v) is 11.3. The second-order valence-corrected chi connectivity index (χ2v) is 6.20. The topological polar surface area (TPSA) is 75.4 Å². The number of anilines is 1. The molecule has 1 saturated heterocycles. The van der Waals surface area contributed by atoms with Crippen LogP contribution in [0.25, 0.3) is 0 Å². The summed E-state index contributed by atoms with van der Waals surface area (Å²) in [4.78, 5) is 2.37. The van der Waals surface area contributed by atoms with Gasteiger partial charge in [-0.25, -0.2) is 13.1 Å². The van der Waals surface area contributed by atoms with Crippen molar-refractivity contribution in [3.8, 4) is 0 Å². The summed E-state index contributed by atoms with van der Waals surface area (Å²) < 4.78 is 26.8. The van der Waals surface area contributed by atoms with Crippen molar-refractivity contribution in [3.05, 3.63) is 24.3 Å². The molecule has 2 rings (SSSR count). The fourth-order valence-corrected chi connectivity index (χ4v) is 3.49. The number of nitrogens with zero attached hydrogens (tertiary/aromatic N) is 1. The standard InChI is InChI=1S/C12H19N3O2S/c1-2-14-18(16,17)12-6-4-3-5-11(12)15-8-7-10(13)9-15/h3-6,10,14H,2,7-9,13H2,1H3. The van der Waals surface area contributed by atoms with Gasteiger partial charge in [0.2, 0.25) is 10.0 Å². The quantitative estimate of drug-likeness (QED) is 0.835. The van der Waals surface area contributed by atoms with E-state index in [-0.39, 0.29) is 6.04 Å². The van der Waals surface area contributed by atoms with Gasteiger partial charge < -0.3 is 10.6 Å². The van der Waals surface area contributed by atoms with Crippen molar-refractivity contribution in [3.63, 3.8) is 0 Å². The molecule has 1 heterocycles. The third kappa shape index (κ3) is 2.66. The van der Waals surface area contributed by atoms with E-state index in [0.717, 1.165) is 18.7 Å². The van der Waals surface area contributed by atoms with E-state index in [4.69, 9.17) is 5.73 Å². The van der Waals surface area contributed by atoms with E-state index >= 15 is 0 Å². The number of sulfonamides is 1. The predicted octanol–water partition coefficient (Wildman–Crippen LogP) is 0.522. The number of nitrogens with two attached hydrogens (primary N) is 1. The highest BCUT2D eigenvalue weighted by Crippen LogP contribution is 2.27. The van der Waals surface area contributed by atoms with Gasteiger partial charge in [-0.1, -0.05) is 19.1 Å². The lowest BCUT2D eigenvalue weighted by molar-refractivity contribution is 0.583. The molecule has 0 amide bonds. The average molecular weight is 269 g/mol. The fourth-order valence-electron chi connectivity index (χ4n) is 2.22. The predicted molar refractivity (Wildman–Crippen MR) is 72.1 cm³/mol. The van der Waals surface area contributed by atoms with Gasteiger partial charge in [0.25, 0.3) is 0 Å². The van der Waals surface area contributed by atoms with Crippen LogP contribution in [0.1, 0.15) is 13.3 Å². The molecule has 1 atom stereocenters. The molecule has 1 fully saturated rings. The SMILES string of the molecule is CCNS(=O)(=O)c1ccccc1N1CCC(N)C1. The van der Waals surface area contributed by atoms with E-state index in [1.165, 1.54) is 0 Å². The van der Waals surface area contributed by atoms with Gasteiger partial charge in [-0.3, -0.25) is 0 Å². The van der Waals surface area contributed by atoms with Crippen molar-refractivity contribution < 1.29 is 8.42 Å². The van der Waals surface area contributed by atoms with Crippen molar-refractivity contribution in [1.29, 1.82) is 0 Å². The molecular weight excluding hydrogens is 250 g/mol. The van der Waals surface area contributed by atoms with Crippen LogP contribution in [0.4, 0.5) is 5.69 Å². The minimum Gasteiger partial charge on any atom is -0.369 e. The maximum atomic E-state index is 12.1. The van der Waals surface area contributed by atoms with E-state index in [1.807, 2.05) is 17.0 Å². The second-order valence-electron chi connectivity index (χ2n) is 4.46. The first-order valence-electron chi connectivity index (χ1n) is 6.14. The molecule has 1 unspecified atom stereocenters. The summed E-state index contributed by atoms with van der Waals surface area (Å²) in [5, 5.41) is 0. The Morgan fingerprint density at radius 2 is 2.17 bits per heavy atom. The highest BCUT2D eigenvalue weighted by molar-refractivity contribution is 7.89. The molecular formula is C12H19N3O2S. The molecule has 0 bridgehead atoms. The molecule has 0 saturated carbocycles. The number of hydrogen-bond donors (Lipinski definition) is 2. The Morgan fingerprint density at radius 1 is 1.44 bits per heavy atom. The minimum absolute atomic E-state index is 0.125. The lowest BCUT2D eigenvalue weighted by Gasteiger charge is -2.21. The molecule has 1 aliphatic rings. The van der Waals surface area contributed by atoms with E-state index in [0.29, 0.717) is 18.0 Å². The van der Waals surface area contributed by atoms with Crippen LogP contribution in [-0.2, 0) is 10.0 Å². The van der Waals surface area contributed by atoms with Gasteiger partial charge in [-0.05, 0) is 18.6 Å². The van der Waals surface area contributed by atoms with Gasteiger partial charge in [0, 0.05) is 25.7 Å². The average Bonchev–Trinajstić information content (AvgIpc) is 2.76. The summed E-state index contributed by atoms with van der Waals surface area (Å²) in [6, 6.07) is 7.19. The first-order chi connectivity index (χ1) is 8.54. The zero-order valence-electron chi connectivity index (χ0n) is 10.5. The van der Waals surface area contributed by atoms with Crippen molar-refractivity contribution in [2.75, 3.05) is 24.5 Å². The van der Waals surface area contributed by atoms with Gasteiger partial charge in [0.05, 0.1) is 5.69 Å². The number of benzene rings is 1. The van der Waals surface area contributed by atoms with Crippen LogP contribution in [0.15, 0.2) is 29.2 Å². The van der Waals surface area contributed by atoms with Crippen molar-refractivity contribution >= 4 is 15.7 Å². The highest BCUT2D eigenvalue weighted by atomic mass is 32.2. The highest BCUT2D eigenvalue weighted by Gasteiger charge is 2.25. The number of hydrogen-bond acceptors (Lipinski definition) is 4. The molecule has 5 nitrogen and oxygen atoms in total. The molecule has 1 aromatic carbocycles. The van der Waals surface area contributed by atoms with Gasteiger partial charge >= 0.3 is 0 Å². The maximum Gasteiger partial charge on any atom is 0.242 e. The van der Waals surface area contributed by atoms with Crippen LogP contribution in [0.2, 0.25) is 0 Å². The van der Waals surface area contributed by atoms with Crippen molar-refractivity contribution in [2.24, 2.45) is 5.73 Å². The summed E-state index contributed by atoms with van der Waals surface area (Å²) in [5.41, 5.74) is 6.62. The lowest BCUT2D eigenvalue weighted by Crippen LogP contribution is -2.29. The Balaban J connectivity index is 2.37. The van der Waals surface area contributed by atoms with E-state index in [2.05, 4.69) is 4.72 Å². The molecule has 1 aliphatic heterocycles. The van der Waals surface area contributed by atoms with Crippen molar-refractivity contribution in [2.45, 2.75) is 24.3 Å². The smallest absolute Gasteiger partial charge is 0.242 e. The molecule has 3 N–H and O–H groups in total. The van der Waals surface area contributed by atoms with Crippen LogP contribution in [-0.4, -0.2) is 34.1 Å². The second kappa shape index (κ2) is 5.26. The summed E-state index contributed by atoms with van der Waals surface area (Å²) in [5.74, 6) is 0. The Hall–Kier alpha value is -1.11. The van der Waals surface area contributed by atoms with Crippen LogP contribution < -0.4 is 15.4 Å². The maximum absolute atomic E-state index is 12.1. The van der Waals surface area contributed by atoms with E-state index < -0.39 is 10.0 Å². The largest absolute Gasteiger partial charge is 0.369 e. The van der Waals surface area contributed by atoms with Gasteiger partial charge in [-0.15, -0.1) is 0 Å². The van der Waals surface area contributed by atoms with Gasteiger partial charge in [0.1, 0.15) is 4.90 Å². The molecule has 1 aromatic rings. The molecule has 0 aliphatic carbocycles. The van der Waals surface area contributed by atoms with Crippen LogP contribution >= 0.6 is 0 Å². The van der Waals surface area contributed by atoms with Crippen LogP contribution in [0, 0.1) is 0 Å². The van der Waals surface area contributed by atoms with Crippen LogP contribution in [0.3, 0.4) is 0 Å². The third-order valence-corrected chi connectivity index (χ3v) is 4.65. The minimum atomic E-state index is -3.43. The summed E-state index contributed by atoms with van der Waals surface area (Å²) in [6.45, 7) is 3.67. The van der Waals surface area contributed by atoms with Gasteiger partial charge in [-0.2, -0.15) is 0 Å². The number of para-hydroxylation sites is 1. The zero-order chi connectivity index (χ0) is 13.2. The summed E-state index contributed by atoms with van der Waals surface area (Å²) in [6.07, 6.45) is 0.898. The van der Waals surface area contributed by atoms with E-state index in [9.17, 15) is 8.42 Å². The lowest BCUT2D eigenvalue weighted by atomic mass is 10.3. The van der Waals surface area contributed by atoms with Crippen LogP contribution in [0.5, 0.6) is 0 Å². The fraction of sp³-hybridized carbons (Fsp3) is 0.500.